The van der Waals surface area contributed by atoms with Crippen LogP contribution in [-0.2, 0) is 13.9 Å². The number of aliphatic hydroxyl groups excluding tert-OH is 1. The van der Waals surface area contributed by atoms with E-state index in [1.165, 1.54) is 10.4 Å². The molecule has 0 spiro atoms. The van der Waals surface area contributed by atoms with Crippen LogP contribution in [0.25, 0.3) is 0 Å². The van der Waals surface area contributed by atoms with E-state index in [9.17, 15) is 5.11 Å². The lowest BCUT2D eigenvalue weighted by atomic mass is 10.1. The number of rotatable bonds is 8. The molecule has 4 nitrogen and oxygen atoms in total. The number of ether oxygens (including phenoxy) is 2. The highest BCUT2D eigenvalue weighted by Gasteiger charge is 2.50. The molecule has 30 heavy (non-hydrogen) atoms. The summed E-state index contributed by atoms with van der Waals surface area (Å²) < 4.78 is 18.7. The molecule has 1 N–H and O–H groups in total. The van der Waals surface area contributed by atoms with Gasteiger partial charge >= 0.3 is 0 Å². The van der Waals surface area contributed by atoms with Gasteiger partial charge in [0.25, 0.3) is 8.32 Å². The molecule has 0 bridgehead atoms. The summed E-state index contributed by atoms with van der Waals surface area (Å²) in [6.07, 6.45) is 1.28. The average molecular weight is 429 g/mol. The van der Waals surface area contributed by atoms with Gasteiger partial charge in [-0.3, -0.25) is 0 Å². The zero-order valence-corrected chi connectivity index (χ0v) is 19.9. The normalized spacial score (nSPS) is 21.7. The quantitative estimate of drug-likeness (QED) is 0.512. The third kappa shape index (κ3) is 4.87. The molecule has 1 aliphatic heterocycles. The highest BCUT2D eigenvalue weighted by Crippen LogP contribution is 2.37. The van der Waals surface area contributed by atoms with Gasteiger partial charge in [0.05, 0.1) is 12.7 Å². The van der Waals surface area contributed by atoms with Crippen LogP contribution in [-0.4, -0.2) is 44.6 Å². The van der Waals surface area contributed by atoms with E-state index >= 15 is 0 Å². The number of benzene rings is 2. The lowest BCUT2D eigenvalue weighted by molar-refractivity contribution is -0.149. The second-order valence-corrected chi connectivity index (χ2v) is 13.9. The fourth-order valence-electron chi connectivity index (χ4n) is 4.58. The third-order valence-corrected chi connectivity index (χ3v) is 10.9. The molecule has 1 aliphatic rings. The van der Waals surface area contributed by atoms with Crippen LogP contribution in [0.1, 0.15) is 47.5 Å². The molecule has 1 heterocycles. The van der Waals surface area contributed by atoms with Gasteiger partial charge in [-0.25, -0.2) is 0 Å². The maximum atomic E-state index is 9.63. The Morgan fingerprint density at radius 3 is 1.87 bits per heavy atom. The van der Waals surface area contributed by atoms with Gasteiger partial charge in [0.1, 0.15) is 6.10 Å². The lowest BCUT2D eigenvalue weighted by Gasteiger charge is -2.43. The van der Waals surface area contributed by atoms with E-state index in [0.29, 0.717) is 6.61 Å². The molecule has 0 aromatic heterocycles. The average Bonchev–Trinajstić information content (AvgIpc) is 3.02. The Labute approximate surface area is 182 Å². The zero-order chi connectivity index (χ0) is 21.8. The van der Waals surface area contributed by atoms with Crippen molar-refractivity contribution in [1.82, 2.24) is 0 Å². The van der Waals surface area contributed by atoms with Crippen LogP contribution in [0.5, 0.6) is 0 Å². The van der Waals surface area contributed by atoms with Gasteiger partial charge < -0.3 is 19.0 Å². The molecule has 0 saturated carbocycles. The van der Waals surface area contributed by atoms with Crippen molar-refractivity contribution in [3.63, 3.8) is 0 Å². The van der Waals surface area contributed by atoms with Crippen LogP contribution in [0.2, 0.25) is 5.04 Å². The standard InChI is InChI=1S/C25H36O4Si/c1-24(2,3)30(20-13-8-6-9-14-20,21-15-10-7-11-16-21)27-18-12-17-22-23(19-26)29-25(4,5)28-22/h6-11,13-16,22-23,26H,12,17-19H2,1-5H3/t22-,23-/m1/s1. The minimum atomic E-state index is -2.50. The van der Waals surface area contributed by atoms with Crippen LogP contribution < -0.4 is 10.4 Å². The van der Waals surface area contributed by atoms with Gasteiger partial charge in [0, 0.05) is 6.61 Å². The van der Waals surface area contributed by atoms with Crippen LogP contribution >= 0.6 is 0 Å². The number of hydrogen-bond donors (Lipinski definition) is 1. The Kier molecular flexibility index (Phi) is 7.20. The summed E-state index contributed by atoms with van der Waals surface area (Å²) in [4.78, 5) is 0. The summed E-state index contributed by atoms with van der Waals surface area (Å²) in [5.74, 6) is -0.642. The van der Waals surface area contributed by atoms with Crippen molar-refractivity contribution >= 4 is 18.7 Å². The molecule has 0 aliphatic carbocycles. The Morgan fingerprint density at radius 2 is 1.40 bits per heavy atom. The summed E-state index contributed by atoms with van der Waals surface area (Å²) in [7, 11) is -2.50. The highest BCUT2D eigenvalue weighted by atomic mass is 28.4. The Bertz CT molecular complexity index is 746. The van der Waals surface area contributed by atoms with Crippen LogP contribution in [0.15, 0.2) is 60.7 Å². The molecule has 5 heteroatoms. The van der Waals surface area contributed by atoms with Crippen molar-refractivity contribution in [3.8, 4) is 0 Å². The smallest absolute Gasteiger partial charge is 0.261 e. The Hall–Kier alpha value is -1.50. The zero-order valence-electron chi connectivity index (χ0n) is 18.9. The Morgan fingerprint density at radius 1 is 0.900 bits per heavy atom. The minimum Gasteiger partial charge on any atom is -0.407 e. The van der Waals surface area contributed by atoms with Gasteiger partial charge in [0.2, 0.25) is 0 Å². The van der Waals surface area contributed by atoms with Crippen molar-refractivity contribution in [2.75, 3.05) is 13.2 Å². The predicted molar refractivity (Wildman–Crippen MR) is 124 cm³/mol. The molecular formula is C25H36O4Si. The third-order valence-electron chi connectivity index (χ3n) is 5.83. The molecule has 1 fully saturated rings. The number of aliphatic hydroxyl groups is 1. The molecule has 0 amide bonds. The summed E-state index contributed by atoms with van der Waals surface area (Å²) in [5, 5.41) is 12.2. The van der Waals surface area contributed by atoms with E-state index in [-0.39, 0.29) is 23.9 Å². The number of hydrogen-bond acceptors (Lipinski definition) is 4. The molecule has 0 radical (unpaired) electrons. The summed E-state index contributed by atoms with van der Waals surface area (Å²) in [6.45, 7) is 11.3. The SMILES string of the molecule is CC1(C)O[C@H](CO)[C@@H](CCCO[Si](c2ccccc2)(c2ccccc2)C(C)(C)C)O1. The lowest BCUT2D eigenvalue weighted by Crippen LogP contribution is -2.66. The molecule has 2 aromatic rings. The first-order chi connectivity index (χ1) is 14.2. The molecule has 3 rings (SSSR count). The molecule has 2 aromatic carbocycles. The Balaban J connectivity index is 1.80. The molecular weight excluding hydrogens is 392 g/mol. The monoisotopic (exact) mass is 428 g/mol. The van der Waals surface area contributed by atoms with E-state index in [4.69, 9.17) is 13.9 Å². The first-order valence-electron chi connectivity index (χ1n) is 10.9. The second-order valence-electron chi connectivity index (χ2n) is 9.55. The van der Waals surface area contributed by atoms with Crippen LogP contribution in [0, 0.1) is 0 Å². The van der Waals surface area contributed by atoms with Gasteiger partial charge in [-0.05, 0) is 42.1 Å². The highest BCUT2D eigenvalue weighted by molar-refractivity contribution is 6.99. The van der Waals surface area contributed by atoms with E-state index in [0.717, 1.165) is 12.8 Å². The fourth-order valence-corrected chi connectivity index (χ4v) is 9.19. The first-order valence-corrected chi connectivity index (χ1v) is 12.8. The van der Waals surface area contributed by atoms with Crippen LogP contribution in [0.4, 0.5) is 0 Å². The maximum Gasteiger partial charge on any atom is 0.261 e. The fraction of sp³-hybridized carbons (Fsp3) is 0.520. The van der Waals surface area contributed by atoms with E-state index in [2.05, 4.69) is 81.4 Å². The molecule has 164 valence electrons. The largest absolute Gasteiger partial charge is 0.407 e. The van der Waals surface area contributed by atoms with E-state index in [1.807, 2.05) is 13.8 Å². The van der Waals surface area contributed by atoms with Gasteiger partial charge in [0.15, 0.2) is 5.79 Å². The maximum absolute atomic E-state index is 9.63. The van der Waals surface area contributed by atoms with E-state index in [1.54, 1.807) is 0 Å². The predicted octanol–water partition coefficient (Wildman–Crippen LogP) is 3.86. The van der Waals surface area contributed by atoms with E-state index < -0.39 is 14.1 Å². The van der Waals surface area contributed by atoms with Gasteiger partial charge in [-0.2, -0.15) is 0 Å². The van der Waals surface area contributed by atoms with Crippen LogP contribution in [0.3, 0.4) is 0 Å². The molecule has 2 atom stereocenters. The summed E-state index contributed by atoms with van der Waals surface area (Å²) >= 11 is 0. The van der Waals surface area contributed by atoms with Crippen molar-refractivity contribution in [2.24, 2.45) is 0 Å². The summed E-state index contributed by atoms with van der Waals surface area (Å²) in [5.41, 5.74) is 0. The van der Waals surface area contributed by atoms with Crippen molar-refractivity contribution in [1.29, 1.82) is 0 Å². The van der Waals surface area contributed by atoms with Crippen molar-refractivity contribution in [2.45, 2.75) is 70.5 Å². The molecule has 1 saturated heterocycles. The topological polar surface area (TPSA) is 47.9 Å². The first kappa shape index (κ1) is 23.2. The van der Waals surface area contributed by atoms with Crippen molar-refractivity contribution < 1.29 is 19.0 Å². The van der Waals surface area contributed by atoms with Gasteiger partial charge in [-0.15, -0.1) is 0 Å². The summed E-state index contributed by atoms with van der Waals surface area (Å²) in [6, 6.07) is 21.4. The minimum absolute atomic E-state index is 0.0241. The second kappa shape index (κ2) is 9.33. The van der Waals surface area contributed by atoms with Gasteiger partial charge in [-0.1, -0.05) is 81.4 Å². The molecule has 0 unspecified atom stereocenters. The van der Waals surface area contributed by atoms with Crippen molar-refractivity contribution in [3.05, 3.63) is 60.7 Å².